The van der Waals surface area contributed by atoms with Gasteiger partial charge in [-0.3, -0.25) is 9.78 Å². The van der Waals surface area contributed by atoms with Crippen LogP contribution >= 0.6 is 0 Å². The number of hydrogen-bond donors (Lipinski definition) is 4. The number of aromatic hydroxyl groups is 1. The van der Waals surface area contributed by atoms with Gasteiger partial charge in [0, 0.05) is 5.56 Å². The number of hydrogen-bond acceptors (Lipinski definition) is 6. The molecule has 0 aliphatic carbocycles. The number of carboxylic acids is 1. The predicted molar refractivity (Wildman–Crippen MR) is 113 cm³/mol. The van der Waals surface area contributed by atoms with Gasteiger partial charge in [0.15, 0.2) is 11.6 Å². The molecule has 0 bridgehead atoms. The summed E-state index contributed by atoms with van der Waals surface area (Å²) in [6, 6.07) is 8.34. The number of amides is 1. The summed E-state index contributed by atoms with van der Waals surface area (Å²) in [5.74, 6) is -2.82. The van der Waals surface area contributed by atoms with Gasteiger partial charge < -0.3 is 26.0 Å². The number of aryl methyl sites for hydroxylation is 1. The van der Waals surface area contributed by atoms with E-state index in [0.717, 1.165) is 12.1 Å². The number of nitrogens with one attached hydrogen (secondary N) is 1. The summed E-state index contributed by atoms with van der Waals surface area (Å²) in [5, 5.41) is 22.0. The van der Waals surface area contributed by atoms with E-state index >= 15 is 0 Å². The Labute approximate surface area is 177 Å². The smallest absolute Gasteiger partial charge is 0.339 e. The molecule has 0 fully saturated rings. The van der Waals surface area contributed by atoms with Crippen molar-refractivity contribution in [2.75, 3.05) is 12.3 Å². The molecule has 2 aromatic carbocycles. The maximum absolute atomic E-state index is 13.2. The first-order valence-corrected chi connectivity index (χ1v) is 9.36. The third-order valence-corrected chi connectivity index (χ3v) is 4.66. The highest BCUT2D eigenvalue weighted by molar-refractivity contribution is 6.06. The normalized spacial score (nSPS) is 11.4. The minimum Gasteiger partial charge on any atom is -0.505 e. The quantitative estimate of drug-likeness (QED) is 0.474. The number of phenolic OH excluding ortho intramolecular Hbond substituents is 1. The molecule has 0 radical (unpaired) electrons. The van der Waals surface area contributed by atoms with Crippen LogP contribution < -0.4 is 15.8 Å². The molecular formula is C22H22FN3O5. The first-order chi connectivity index (χ1) is 14.5. The Morgan fingerprint density at radius 1 is 1.26 bits per heavy atom. The summed E-state index contributed by atoms with van der Waals surface area (Å²) in [6.45, 7) is 5.01. The number of nitrogen functional groups attached to an aromatic ring is 1. The summed E-state index contributed by atoms with van der Waals surface area (Å²) in [5.41, 5.74) is 6.08. The third-order valence-electron chi connectivity index (χ3n) is 4.66. The first kappa shape index (κ1) is 21.8. The Bertz CT molecular complexity index is 1190. The lowest BCUT2D eigenvalue weighted by atomic mass is 10.0. The fourth-order valence-corrected chi connectivity index (χ4v) is 3.16. The Morgan fingerprint density at radius 2 is 1.97 bits per heavy atom. The molecule has 162 valence electrons. The van der Waals surface area contributed by atoms with Gasteiger partial charge >= 0.3 is 5.97 Å². The number of nitrogens with zero attached hydrogens (tertiary/aromatic N) is 1. The zero-order valence-corrected chi connectivity index (χ0v) is 17.2. The number of anilines is 1. The van der Waals surface area contributed by atoms with Crippen LogP contribution in [-0.4, -0.2) is 39.2 Å². The number of ether oxygens (including phenoxy) is 1. The van der Waals surface area contributed by atoms with Gasteiger partial charge in [0.1, 0.15) is 17.9 Å². The highest BCUT2D eigenvalue weighted by Gasteiger charge is 2.24. The summed E-state index contributed by atoms with van der Waals surface area (Å²) in [4.78, 5) is 28.3. The molecule has 31 heavy (non-hydrogen) atoms. The van der Waals surface area contributed by atoms with Crippen LogP contribution in [0.2, 0.25) is 0 Å². The van der Waals surface area contributed by atoms with E-state index in [9.17, 15) is 24.2 Å². The van der Waals surface area contributed by atoms with Crippen molar-refractivity contribution in [1.29, 1.82) is 0 Å². The minimum atomic E-state index is -1.19. The van der Waals surface area contributed by atoms with E-state index in [4.69, 9.17) is 10.5 Å². The molecule has 1 aromatic heterocycles. The van der Waals surface area contributed by atoms with Gasteiger partial charge in [0.05, 0.1) is 27.8 Å². The zero-order chi connectivity index (χ0) is 22.9. The molecule has 1 amide bonds. The molecular weight excluding hydrogens is 405 g/mol. The number of halogens is 1. The maximum atomic E-state index is 13.2. The molecule has 3 rings (SSSR count). The van der Waals surface area contributed by atoms with Crippen LogP contribution in [0.1, 0.15) is 40.3 Å². The van der Waals surface area contributed by atoms with Crippen LogP contribution in [0.3, 0.4) is 0 Å². The van der Waals surface area contributed by atoms with E-state index in [2.05, 4.69) is 10.3 Å². The topological polar surface area (TPSA) is 135 Å². The molecule has 5 N–H and O–H groups in total. The number of carbonyl (C=O) groups is 2. The van der Waals surface area contributed by atoms with Gasteiger partial charge in [-0.25, -0.2) is 9.18 Å². The monoisotopic (exact) mass is 427 g/mol. The standard InChI is InChI=1S/C22H22FN3O5/c1-11-17(21(29)30)19(24)18-14(25-11)5-4-6-16(18)31-10-22(2,3)26-20(28)12-7-8-13(23)15(27)9-12/h4-9,27H,10H2,1-3H3,(H2,24,25)(H,26,28)(H,29,30). The SMILES string of the molecule is Cc1nc2cccc(OCC(C)(C)NC(=O)c3ccc(F)c(O)c3)c2c(N)c1C(=O)O. The molecule has 9 heteroatoms. The van der Waals surface area contributed by atoms with Crippen LogP contribution in [-0.2, 0) is 0 Å². The lowest BCUT2D eigenvalue weighted by molar-refractivity contribution is 0.0696. The average Bonchev–Trinajstić information content (AvgIpc) is 2.67. The van der Waals surface area contributed by atoms with Crippen molar-refractivity contribution in [3.8, 4) is 11.5 Å². The summed E-state index contributed by atoms with van der Waals surface area (Å²) < 4.78 is 19.1. The number of phenols is 1. The van der Waals surface area contributed by atoms with Gasteiger partial charge in [0.25, 0.3) is 5.91 Å². The van der Waals surface area contributed by atoms with Crippen molar-refractivity contribution in [3.63, 3.8) is 0 Å². The molecule has 8 nitrogen and oxygen atoms in total. The van der Waals surface area contributed by atoms with Crippen LogP contribution in [0.4, 0.5) is 10.1 Å². The van der Waals surface area contributed by atoms with Gasteiger partial charge in [-0.1, -0.05) is 6.07 Å². The molecule has 1 heterocycles. The van der Waals surface area contributed by atoms with E-state index in [1.807, 2.05) is 0 Å². The fraction of sp³-hybridized carbons (Fsp3) is 0.227. The number of aromatic carboxylic acids is 1. The Hall–Kier alpha value is -3.88. The van der Waals surface area contributed by atoms with Crippen molar-refractivity contribution in [3.05, 3.63) is 59.0 Å². The summed E-state index contributed by atoms with van der Waals surface area (Å²) in [6.07, 6.45) is 0. The number of benzene rings is 2. The van der Waals surface area contributed by atoms with Crippen LogP contribution in [0.25, 0.3) is 10.9 Å². The number of nitrogens with two attached hydrogens (primary N) is 1. The van der Waals surface area contributed by atoms with Crippen molar-refractivity contribution in [2.24, 2.45) is 0 Å². The molecule has 0 atom stereocenters. The Kier molecular flexibility index (Phi) is 5.70. The molecule has 0 unspecified atom stereocenters. The molecule has 0 spiro atoms. The molecule has 0 saturated carbocycles. The zero-order valence-electron chi connectivity index (χ0n) is 17.2. The van der Waals surface area contributed by atoms with Crippen molar-refractivity contribution in [1.82, 2.24) is 10.3 Å². The van der Waals surface area contributed by atoms with Crippen molar-refractivity contribution < 1.29 is 28.9 Å². The molecule has 0 saturated heterocycles. The third kappa shape index (κ3) is 4.50. The largest absolute Gasteiger partial charge is 0.505 e. The van der Waals surface area contributed by atoms with Gasteiger partial charge in [-0.15, -0.1) is 0 Å². The fourth-order valence-electron chi connectivity index (χ4n) is 3.16. The van der Waals surface area contributed by atoms with E-state index in [0.29, 0.717) is 22.3 Å². The maximum Gasteiger partial charge on any atom is 0.339 e. The van der Waals surface area contributed by atoms with E-state index in [1.165, 1.54) is 6.07 Å². The molecule has 0 aliphatic rings. The molecule has 0 aliphatic heterocycles. The van der Waals surface area contributed by atoms with E-state index in [-0.39, 0.29) is 23.4 Å². The van der Waals surface area contributed by atoms with E-state index in [1.54, 1.807) is 39.0 Å². The number of carboxylic acid groups (broad SMARTS) is 1. The van der Waals surface area contributed by atoms with Crippen molar-refractivity contribution >= 4 is 28.5 Å². The molecule has 3 aromatic rings. The Morgan fingerprint density at radius 3 is 2.61 bits per heavy atom. The number of fused-ring (bicyclic) bond motifs is 1. The Balaban J connectivity index is 1.84. The predicted octanol–water partition coefficient (Wildman–Crippen LogP) is 3.26. The van der Waals surface area contributed by atoms with Crippen molar-refractivity contribution in [2.45, 2.75) is 26.3 Å². The summed E-state index contributed by atoms with van der Waals surface area (Å²) in [7, 11) is 0. The average molecular weight is 427 g/mol. The van der Waals surface area contributed by atoms with Crippen LogP contribution in [0, 0.1) is 12.7 Å². The summed E-state index contributed by atoms with van der Waals surface area (Å²) >= 11 is 0. The van der Waals surface area contributed by atoms with Crippen LogP contribution in [0.15, 0.2) is 36.4 Å². The highest BCUT2D eigenvalue weighted by Crippen LogP contribution is 2.33. The second-order valence-electron chi connectivity index (χ2n) is 7.73. The second kappa shape index (κ2) is 8.10. The minimum absolute atomic E-state index is 0.0146. The van der Waals surface area contributed by atoms with Gasteiger partial charge in [-0.2, -0.15) is 0 Å². The number of rotatable bonds is 6. The first-order valence-electron chi connectivity index (χ1n) is 9.36. The highest BCUT2D eigenvalue weighted by atomic mass is 19.1. The number of pyridine rings is 1. The van der Waals surface area contributed by atoms with Gasteiger partial charge in [-0.05, 0) is 51.1 Å². The number of carbonyl (C=O) groups excluding carboxylic acids is 1. The van der Waals surface area contributed by atoms with E-state index < -0.39 is 29.0 Å². The van der Waals surface area contributed by atoms with Gasteiger partial charge in [0.2, 0.25) is 0 Å². The number of aromatic nitrogens is 1. The lowest BCUT2D eigenvalue weighted by Gasteiger charge is -2.27. The van der Waals surface area contributed by atoms with Crippen LogP contribution in [0.5, 0.6) is 11.5 Å². The lowest BCUT2D eigenvalue weighted by Crippen LogP contribution is -2.47. The second-order valence-corrected chi connectivity index (χ2v) is 7.73.